The second-order valence-electron chi connectivity index (χ2n) is 9.37. The molecule has 0 radical (unpaired) electrons. The summed E-state index contributed by atoms with van der Waals surface area (Å²) >= 11 is 5.92. The molecule has 1 fully saturated rings. The molecule has 11 heteroatoms. The van der Waals surface area contributed by atoms with Gasteiger partial charge in [-0.2, -0.15) is 13.2 Å². The number of benzene rings is 2. The normalized spacial score (nSPS) is 21.5. The van der Waals surface area contributed by atoms with E-state index in [0.29, 0.717) is 50.1 Å². The van der Waals surface area contributed by atoms with Crippen LogP contribution in [0.3, 0.4) is 0 Å². The molecule has 2 aliphatic rings. The molecule has 1 aliphatic carbocycles. The van der Waals surface area contributed by atoms with Crippen LogP contribution >= 0.6 is 11.6 Å². The molecule has 3 unspecified atom stereocenters. The number of aliphatic carboxylic acids is 1. The summed E-state index contributed by atoms with van der Waals surface area (Å²) in [4.78, 5) is 15.4. The molecule has 6 nitrogen and oxygen atoms in total. The molecule has 0 spiro atoms. The van der Waals surface area contributed by atoms with Crippen molar-refractivity contribution in [3.8, 4) is 0 Å². The predicted molar refractivity (Wildman–Crippen MR) is 136 cm³/mol. The maximum Gasteiger partial charge on any atom is 0.417 e. The van der Waals surface area contributed by atoms with Crippen LogP contribution in [0.4, 0.5) is 18.9 Å². The highest BCUT2D eigenvalue weighted by atomic mass is 35.5. The average molecular weight is 557 g/mol. The number of fused-ring (bicyclic) bond motifs is 1. The number of carboxylic acids is 1. The summed E-state index contributed by atoms with van der Waals surface area (Å²) in [5.74, 6) is -1.70. The molecule has 0 aromatic heterocycles. The fourth-order valence-corrected chi connectivity index (χ4v) is 7.32. The summed E-state index contributed by atoms with van der Waals surface area (Å²) in [6.45, 7) is 6.80. The number of anilines is 1. The minimum atomic E-state index is -4.55. The highest BCUT2D eigenvalue weighted by Crippen LogP contribution is 2.38. The van der Waals surface area contributed by atoms with Crippen molar-refractivity contribution in [1.29, 1.82) is 0 Å². The van der Waals surface area contributed by atoms with Crippen LogP contribution in [0.25, 0.3) is 0 Å². The second-order valence-corrected chi connectivity index (χ2v) is 11.8. The fraction of sp³-hybridized carbons (Fsp3) is 0.423. The maximum atomic E-state index is 13.7. The molecule has 0 bridgehead atoms. The number of carboxylic acid groups (broad SMARTS) is 1. The molecule has 1 aliphatic heterocycles. The first kappa shape index (κ1) is 27.5. The summed E-state index contributed by atoms with van der Waals surface area (Å²) in [6.07, 6.45) is -1.55. The van der Waals surface area contributed by atoms with Gasteiger partial charge in [-0.3, -0.25) is 9.69 Å². The van der Waals surface area contributed by atoms with Crippen LogP contribution in [0, 0.1) is 0 Å². The topological polar surface area (TPSA) is 77.9 Å². The Morgan fingerprint density at radius 3 is 2.57 bits per heavy atom. The van der Waals surface area contributed by atoms with Gasteiger partial charge >= 0.3 is 12.1 Å². The van der Waals surface area contributed by atoms with Crippen molar-refractivity contribution < 1.29 is 31.5 Å². The van der Waals surface area contributed by atoms with E-state index in [2.05, 4.69) is 6.58 Å². The minimum Gasteiger partial charge on any atom is -0.481 e. The lowest BCUT2D eigenvalue weighted by atomic mass is 10.0. The Hall–Kier alpha value is -2.56. The van der Waals surface area contributed by atoms with E-state index in [1.807, 2.05) is 16.7 Å². The molecule has 1 heterocycles. The maximum absolute atomic E-state index is 13.7. The third-order valence-electron chi connectivity index (χ3n) is 7.29. The Kier molecular flexibility index (Phi) is 7.65. The van der Waals surface area contributed by atoms with Gasteiger partial charge < -0.3 is 10.0 Å². The predicted octanol–water partition coefficient (Wildman–Crippen LogP) is 5.36. The van der Waals surface area contributed by atoms with E-state index in [-0.39, 0.29) is 16.0 Å². The van der Waals surface area contributed by atoms with Gasteiger partial charge in [-0.15, -0.1) is 6.58 Å². The van der Waals surface area contributed by atoms with E-state index < -0.39 is 38.8 Å². The SMILES string of the molecule is C=CC(N1CCN(c2ccc(C(F)(F)F)c(Cl)c2)CC1CC)S(=O)(=O)c1ccc2c(c1)C(C(=O)O)CC2. The number of piperazine rings is 1. The molecular weight excluding hydrogens is 529 g/mol. The van der Waals surface area contributed by atoms with Gasteiger partial charge in [-0.1, -0.05) is 30.7 Å². The van der Waals surface area contributed by atoms with Crippen LogP contribution in [-0.4, -0.2) is 55.4 Å². The number of alkyl halides is 3. The summed E-state index contributed by atoms with van der Waals surface area (Å²) < 4.78 is 66.8. The molecule has 2 aromatic rings. The number of aryl methyl sites for hydroxylation is 1. The van der Waals surface area contributed by atoms with Gasteiger partial charge in [0.05, 0.1) is 21.4 Å². The Morgan fingerprint density at radius 2 is 1.97 bits per heavy atom. The number of nitrogens with zero attached hydrogens (tertiary/aromatic N) is 2. The average Bonchev–Trinajstić information content (AvgIpc) is 3.27. The molecule has 4 rings (SSSR count). The van der Waals surface area contributed by atoms with E-state index in [9.17, 15) is 31.5 Å². The van der Waals surface area contributed by atoms with Crippen LogP contribution in [0.2, 0.25) is 5.02 Å². The molecule has 200 valence electrons. The quantitative estimate of drug-likeness (QED) is 0.463. The molecule has 3 atom stereocenters. The van der Waals surface area contributed by atoms with Gasteiger partial charge in [0, 0.05) is 31.4 Å². The number of carbonyl (C=O) groups is 1. The van der Waals surface area contributed by atoms with Crippen molar-refractivity contribution >= 4 is 33.1 Å². The third kappa shape index (κ3) is 5.24. The van der Waals surface area contributed by atoms with E-state index in [1.165, 1.54) is 30.3 Å². The summed E-state index contributed by atoms with van der Waals surface area (Å²) in [7, 11) is -3.92. The van der Waals surface area contributed by atoms with Crippen molar-refractivity contribution in [3.63, 3.8) is 0 Å². The lowest BCUT2D eigenvalue weighted by Gasteiger charge is -2.44. The van der Waals surface area contributed by atoms with Gasteiger partial charge in [-0.05, 0) is 60.7 Å². The Morgan fingerprint density at radius 1 is 1.24 bits per heavy atom. The molecule has 0 amide bonds. The number of halogens is 4. The zero-order valence-electron chi connectivity index (χ0n) is 20.2. The summed E-state index contributed by atoms with van der Waals surface area (Å²) in [5, 5.41) is 8.10. The lowest BCUT2D eigenvalue weighted by Crippen LogP contribution is -2.57. The fourth-order valence-electron chi connectivity index (χ4n) is 5.33. The van der Waals surface area contributed by atoms with Gasteiger partial charge in [0.1, 0.15) is 5.37 Å². The van der Waals surface area contributed by atoms with Gasteiger partial charge in [0.25, 0.3) is 0 Å². The standard InChI is InChI=1S/C26H28ClF3N2O4S/c1-3-17-15-31(18-7-10-22(23(27)13-18)26(28,29)30)11-12-32(17)24(4-2)37(35,36)19-8-5-16-6-9-20(25(33)34)21(16)14-19/h4-5,7-8,10,13-14,17,20,24H,2-3,6,9,11-12,15H2,1H3,(H,33,34). The molecule has 1 N–H and O–H groups in total. The van der Waals surface area contributed by atoms with Crippen molar-refractivity contribution in [2.24, 2.45) is 0 Å². The largest absolute Gasteiger partial charge is 0.481 e. The van der Waals surface area contributed by atoms with Crippen molar-refractivity contribution in [1.82, 2.24) is 4.90 Å². The van der Waals surface area contributed by atoms with Crippen molar-refractivity contribution in [2.45, 2.75) is 54.6 Å². The molecule has 37 heavy (non-hydrogen) atoms. The Bertz CT molecular complexity index is 1320. The van der Waals surface area contributed by atoms with Gasteiger partial charge in [-0.25, -0.2) is 8.42 Å². The first-order chi connectivity index (χ1) is 17.4. The second kappa shape index (κ2) is 10.3. The van der Waals surface area contributed by atoms with Crippen molar-refractivity contribution in [2.75, 3.05) is 24.5 Å². The summed E-state index contributed by atoms with van der Waals surface area (Å²) in [5.41, 5.74) is 1.01. The zero-order chi connectivity index (χ0) is 27.1. The molecule has 2 aromatic carbocycles. The van der Waals surface area contributed by atoms with Crippen molar-refractivity contribution in [3.05, 3.63) is 70.8 Å². The van der Waals surface area contributed by atoms with Crippen LogP contribution in [0.15, 0.2) is 53.9 Å². The molecular formula is C26H28ClF3N2O4S. The highest BCUT2D eigenvalue weighted by molar-refractivity contribution is 7.92. The number of sulfone groups is 1. The first-order valence-corrected chi connectivity index (χ1v) is 13.9. The smallest absolute Gasteiger partial charge is 0.417 e. The first-order valence-electron chi connectivity index (χ1n) is 12.0. The Balaban J connectivity index is 1.58. The van der Waals surface area contributed by atoms with Crippen LogP contribution in [-0.2, 0) is 27.2 Å². The highest BCUT2D eigenvalue weighted by Gasteiger charge is 2.39. The van der Waals surface area contributed by atoms with E-state index >= 15 is 0 Å². The number of hydrogen-bond acceptors (Lipinski definition) is 5. The monoisotopic (exact) mass is 556 g/mol. The Labute approximate surface area is 219 Å². The lowest BCUT2D eigenvalue weighted by molar-refractivity contribution is -0.139. The van der Waals surface area contributed by atoms with Crippen LogP contribution in [0.1, 0.15) is 42.4 Å². The molecule has 0 saturated carbocycles. The third-order valence-corrected chi connectivity index (χ3v) is 9.61. The van der Waals surface area contributed by atoms with Gasteiger partial charge in [0.2, 0.25) is 0 Å². The number of rotatable bonds is 7. The number of hydrogen-bond donors (Lipinski definition) is 1. The minimum absolute atomic E-state index is 0.0519. The zero-order valence-corrected chi connectivity index (χ0v) is 21.8. The molecule has 1 saturated heterocycles. The van der Waals surface area contributed by atoms with E-state index in [4.69, 9.17) is 11.6 Å². The van der Waals surface area contributed by atoms with Crippen LogP contribution < -0.4 is 4.90 Å². The van der Waals surface area contributed by atoms with E-state index in [1.54, 1.807) is 6.07 Å². The summed E-state index contributed by atoms with van der Waals surface area (Å²) in [6, 6.07) is 8.09. The van der Waals surface area contributed by atoms with E-state index in [0.717, 1.165) is 11.6 Å². The van der Waals surface area contributed by atoms with Gasteiger partial charge in [0.15, 0.2) is 9.84 Å². The van der Waals surface area contributed by atoms with Crippen LogP contribution in [0.5, 0.6) is 0 Å².